The Kier molecular flexibility index (Phi) is 8.30. The SMILES string of the molecule is C[SiH](C)O[Si](C)(C)CCCCCOc1ccc(-c2ccc(C#N)cc2)cc1. The molecule has 0 aliphatic rings. The molecule has 3 nitrogen and oxygen atoms in total. The third-order valence-electron chi connectivity index (χ3n) is 4.45. The average Bonchev–Trinajstić information content (AvgIpc) is 2.64. The summed E-state index contributed by atoms with van der Waals surface area (Å²) in [4.78, 5) is 0. The first-order chi connectivity index (χ1) is 12.9. The molecule has 0 fully saturated rings. The third kappa shape index (κ3) is 7.71. The number of rotatable bonds is 10. The fraction of sp³-hybridized carbons (Fsp3) is 0.409. The molecule has 144 valence electrons. The second kappa shape index (κ2) is 10.5. The highest BCUT2D eigenvalue weighted by molar-refractivity contribution is 6.77. The van der Waals surface area contributed by atoms with E-state index >= 15 is 0 Å². The van der Waals surface area contributed by atoms with Crippen molar-refractivity contribution in [2.45, 2.75) is 51.5 Å². The van der Waals surface area contributed by atoms with Crippen LogP contribution in [0.25, 0.3) is 11.1 Å². The Morgan fingerprint density at radius 1 is 0.889 bits per heavy atom. The van der Waals surface area contributed by atoms with Gasteiger partial charge in [-0.05, 0) is 74.0 Å². The van der Waals surface area contributed by atoms with Crippen LogP contribution in [0.15, 0.2) is 48.5 Å². The average molecular weight is 398 g/mol. The van der Waals surface area contributed by atoms with Gasteiger partial charge in [0.15, 0.2) is 17.4 Å². The first kappa shape index (κ1) is 21.4. The lowest BCUT2D eigenvalue weighted by Gasteiger charge is -2.25. The molecule has 0 aliphatic carbocycles. The second-order valence-corrected chi connectivity index (χ2v) is 14.9. The van der Waals surface area contributed by atoms with Gasteiger partial charge in [-0.15, -0.1) is 0 Å². The number of hydrogen-bond donors (Lipinski definition) is 0. The summed E-state index contributed by atoms with van der Waals surface area (Å²) in [6, 6.07) is 19.2. The largest absolute Gasteiger partial charge is 0.494 e. The van der Waals surface area contributed by atoms with Crippen LogP contribution in [0.2, 0.25) is 32.2 Å². The lowest BCUT2D eigenvalue weighted by atomic mass is 10.0. The summed E-state index contributed by atoms with van der Waals surface area (Å²) in [5.74, 6) is 0.913. The predicted octanol–water partition coefficient (Wildman–Crippen LogP) is 5.98. The number of nitrogens with zero attached hydrogens (tertiary/aromatic N) is 1. The number of benzene rings is 2. The molecule has 27 heavy (non-hydrogen) atoms. The van der Waals surface area contributed by atoms with Gasteiger partial charge < -0.3 is 8.85 Å². The monoisotopic (exact) mass is 397 g/mol. The molecule has 5 heteroatoms. The fourth-order valence-electron chi connectivity index (χ4n) is 3.20. The quantitative estimate of drug-likeness (QED) is 0.366. The van der Waals surface area contributed by atoms with Gasteiger partial charge in [-0.1, -0.05) is 37.1 Å². The van der Waals surface area contributed by atoms with Crippen molar-refractivity contribution < 1.29 is 8.85 Å². The molecular weight excluding hydrogens is 366 g/mol. The van der Waals surface area contributed by atoms with Gasteiger partial charge in [0.05, 0.1) is 18.2 Å². The summed E-state index contributed by atoms with van der Waals surface area (Å²) in [5.41, 5.74) is 2.93. The predicted molar refractivity (Wildman–Crippen MR) is 118 cm³/mol. The van der Waals surface area contributed by atoms with Crippen LogP contribution in [-0.4, -0.2) is 24.0 Å². The maximum absolute atomic E-state index is 8.88. The molecule has 2 aromatic carbocycles. The van der Waals surface area contributed by atoms with Gasteiger partial charge >= 0.3 is 0 Å². The van der Waals surface area contributed by atoms with Gasteiger partial charge in [0.1, 0.15) is 5.75 Å². The Balaban J connectivity index is 1.70. The summed E-state index contributed by atoms with van der Waals surface area (Å²) in [5, 5.41) is 8.88. The van der Waals surface area contributed by atoms with Gasteiger partial charge in [-0.25, -0.2) is 0 Å². The fourth-order valence-corrected chi connectivity index (χ4v) is 9.87. The molecule has 0 saturated carbocycles. The summed E-state index contributed by atoms with van der Waals surface area (Å²) in [6.07, 6.45) is 3.52. The number of nitriles is 1. The Morgan fingerprint density at radius 2 is 1.48 bits per heavy atom. The second-order valence-electron chi connectivity index (χ2n) is 7.80. The Bertz CT molecular complexity index is 734. The van der Waals surface area contributed by atoms with Crippen molar-refractivity contribution in [3.05, 3.63) is 54.1 Å². The molecule has 0 aliphatic heterocycles. The third-order valence-corrected chi connectivity index (χ3v) is 10.4. The van der Waals surface area contributed by atoms with Crippen LogP contribution in [0.5, 0.6) is 5.75 Å². The standard InChI is InChI=1S/C22H31NO2Si2/c1-26(2)25-27(3,4)17-7-5-6-16-24-22-14-12-21(13-15-22)20-10-8-19(18-23)9-11-20/h8-15,26H,5-7,16-17H2,1-4H3. The van der Waals surface area contributed by atoms with Crippen molar-refractivity contribution in [3.63, 3.8) is 0 Å². The van der Waals surface area contributed by atoms with Crippen LogP contribution >= 0.6 is 0 Å². The number of hydrogen-bond acceptors (Lipinski definition) is 3. The zero-order valence-corrected chi connectivity index (χ0v) is 19.2. The highest BCUT2D eigenvalue weighted by Gasteiger charge is 2.22. The van der Waals surface area contributed by atoms with Crippen LogP contribution in [0, 0.1) is 11.3 Å². The van der Waals surface area contributed by atoms with Crippen molar-refractivity contribution in [2.24, 2.45) is 0 Å². The van der Waals surface area contributed by atoms with E-state index in [0.717, 1.165) is 29.9 Å². The molecule has 0 atom stereocenters. The molecule has 0 bridgehead atoms. The minimum absolute atomic E-state index is 0.683. The van der Waals surface area contributed by atoms with E-state index in [1.807, 2.05) is 36.4 Å². The van der Waals surface area contributed by atoms with E-state index in [9.17, 15) is 0 Å². The van der Waals surface area contributed by atoms with Crippen LogP contribution in [-0.2, 0) is 4.12 Å². The topological polar surface area (TPSA) is 42.2 Å². The molecule has 0 aromatic heterocycles. The summed E-state index contributed by atoms with van der Waals surface area (Å²) < 4.78 is 12.1. The zero-order valence-electron chi connectivity index (χ0n) is 17.0. The van der Waals surface area contributed by atoms with Crippen LogP contribution in [0.4, 0.5) is 0 Å². The van der Waals surface area contributed by atoms with E-state index in [4.69, 9.17) is 14.1 Å². The van der Waals surface area contributed by atoms with Crippen molar-refractivity contribution in [2.75, 3.05) is 6.61 Å². The Morgan fingerprint density at radius 3 is 2.04 bits per heavy atom. The highest BCUT2D eigenvalue weighted by Crippen LogP contribution is 2.23. The molecule has 0 heterocycles. The molecule has 2 rings (SSSR count). The Hall–Kier alpha value is -1.88. The van der Waals surface area contributed by atoms with E-state index in [1.165, 1.54) is 18.9 Å². The van der Waals surface area contributed by atoms with E-state index in [0.29, 0.717) is 5.56 Å². The van der Waals surface area contributed by atoms with Gasteiger partial charge in [0.25, 0.3) is 0 Å². The molecule has 0 saturated heterocycles. The maximum atomic E-state index is 8.88. The molecular formula is C22H31NO2Si2. The first-order valence-electron chi connectivity index (χ1n) is 9.81. The van der Waals surface area contributed by atoms with E-state index < -0.39 is 17.4 Å². The van der Waals surface area contributed by atoms with E-state index in [1.54, 1.807) is 0 Å². The van der Waals surface area contributed by atoms with Gasteiger partial charge in [-0.3, -0.25) is 0 Å². The maximum Gasteiger partial charge on any atom is 0.173 e. The smallest absolute Gasteiger partial charge is 0.173 e. The molecule has 0 radical (unpaired) electrons. The summed E-state index contributed by atoms with van der Waals surface area (Å²) in [6.45, 7) is 9.96. The minimum Gasteiger partial charge on any atom is -0.494 e. The van der Waals surface area contributed by atoms with Crippen molar-refractivity contribution in [1.82, 2.24) is 0 Å². The summed E-state index contributed by atoms with van der Waals surface area (Å²) >= 11 is 0. The highest BCUT2D eigenvalue weighted by atomic mass is 28.4. The molecule has 2 aromatic rings. The summed E-state index contributed by atoms with van der Waals surface area (Å²) in [7, 11) is -2.34. The van der Waals surface area contributed by atoms with Crippen LogP contribution < -0.4 is 4.74 Å². The Labute approximate surface area is 166 Å². The van der Waals surface area contributed by atoms with Crippen LogP contribution in [0.1, 0.15) is 24.8 Å². The van der Waals surface area contributed by atoms with Crippen molar-refractivity contribution in [3.8, 4) is 22.9 Å². The number of ether oxygens (including phenoxy) is 1. The molecule has 0 spiro atoms. The van der Waals surface area contributed by atoms with Gasteiger partial charge in [0, 0.05) is 0 Å². The minimum atomic E-state index is -1.43. The van der Waals surface area contributed by atoms with Gasteiger partial charge in [0.2, 0.25) is 0 Å². The van der Waals surface area contributed by atoms with E-state index in [-0.39, 0.29) is 0 Å². The lowest BCUT2D eigenvalue weighted by Crippen LogP contribution is -2.34. The van der Waals surface area contributed by atoms with Crippen molar-refractivity contribution >= 4 is 17.4 Å². The van der Waals surface area contributed by atoms with Gasteiger partial charge in [-0.2, -0.15) is 5.26 Å². The lowest BCUT2D eigenvalue weighted by molar-refractivity contribution is 0.306. The zero-order chi connectivity index (χ0) is 19.7. The number of unbranched alkanes of at least 4 members (excludes halogenated alkanes) is 2. The molecule has 0 unspecified atom stereocenters. The van der Waals surface area contributed by atoms with Crippen LogP contribution in [0.3, 0.4) is 0 Å². The molecule has 0 N–H and O–H groups in total. The normalized spacial score (nSPS) is 11.4. The van der Waals surface area contributed by atoms with E-state index in [2.05, 4.69) is 44.4 Å². The molecule has 0 amide bonds. The van der Waals surface area contributed by atoms with Crippen molar-refractivity contribution in [1.29, 1.82) is 5.26 Å². The first-order valence-corrected chi connectivity index (χ1v) is 15.7.